The molecule has 0 spiro atoms. The lowest BCUT2D eigenvalue weighted by molar-refractivity contribution is 0.0923. The van der Waals surface area contributed by atoms with E-state index in [1.807, 2.05) is 25.1 Å². The molecule has 10 heteroatoms. The molecule has 2 atom stereocenters. The van der Waals surface area contributed by atoms with E-state index >= 15 is 0 Å². The highest BCUT2D eigenvalue weighted by Crippen LogP contribution is 2.38. The van der Waals surface area contributed by atoms with Gasteiger partial charge in [-0.3, -0.25) is 9.59 Å². The van der Waals surface area contributed by atoms with E-state index in [0.717, 1.165) is 49.2 Å². The first-order valence-electron chi connectivity index (χ1n) is 12.9. The Kier molecular flexibility index (Phi) is 7.70. The number of hydrogen-bond donors (Lipinski definition) is 2. The van der Waals surface area contributed by atoms with Crippen molar-refractivity contribution in [2.24, 2.45) is 0 Å². The molecule has 2 aliphatic rings. The maximum Gasteiger partial charge on any atom is 0.253 e. The van der Waals surface area contributed by atoms with Crippen molar-refractivity contribution >= 4 is 29.2 Å². The van der Waals surface area contributed by atoms with Crippen molar-refractivity contribution < 1.29 is 23.1 Å². The average Bonchev–Trinajstić information content (AvgIpc) is 3.20. The fourth-order valence-electron chi connectivity index (χ4n) is 5.69. The number of carbonyl (C=O) groups excluding carboxylic acids is 2. The molecular weight excluding hydrogens is 526 g/mol. The Balaban J connectivity index is 1.21. The third-order valence-electron chi connectivity index (χ3n) is 7.66. The summed E-state index contributed by atoms with van der Waals surface area (Å²) in [7, 11) is 1.59. The summed E-state index contributed by atoms with van der Waals surface area (Å²) < 4.78 is 33.0. The van der Waals surface area contributed by atoms with Crippen molar-refractivity contribution in [3.63, 3.8) is 0 Å². The van der Waals surface area contributed by atoms with Gasteiger partial charge in [0.2, 0.25) is 0 Å². The summed E-state index contributed by atoms with van der Waals surface area (Å²) in [6.07, 6.45) is 5.08. The van der Waals surface area contributed by atoms with Gasteiger partial charge in [-0.1, -0.05) is 17.7 Å². The first-order valence-corrected chi connectivity index (χ1v) is 13.2. The molecule has 0 saturated carbocycles. The second-order valence-electron chi connectivity index (χ2n) is 9.98. The van der Waals surface area contributed by atoms with E-state index in [1.165, 1.54) is 6.20 Å². The van der Waals surface area contributed by atoms with Crippen molar-refractivity contribution in [3.05, 3.63) is 87.6 Å². The minimum Gasteiger partial charge on any atom is -0.496 e. The Labute approximate surface area is 230 Å². The summed E-state index contributed by atoms with van der Waals surface area (Å²) >= 11 is 5.84. The number of fused-ring (bicyclic) bond motifs is 2. The van der Waals surface area contributed by atoms with Crippen LogP contribution in [0.25, 0.3) is 0 Å². The normalized spacial score (nSPS) is 20.0. The van der Waals surface area contributed by atoms with Crippen LogP contribution in [-0.2, 0) is 6.54 Å². The molecule has 3 aromatic rings. The second-order valence-corrected chi connectivity index (χ2v) is 10.4. The number of benzene rings is 2. The highest BCUT2D eigenvalue weighted by Gasteiger charge is 2.42. The van der Waals surface area contributed by atoms with Gasteiger partial charge in [0.25, 0.3) is 11.8 Å². The van der Waals surface area contributed by atoms with Gasteiger partial charge in [-0.15, -0.1) is 0 Å². The van der Waals surface area contributed by atoms with Gasteiger partial charge in [-0.2, -0.15) is 0 Å². The van der Waals surface area contributed by atoms with Crippen LogP contribution >= 0.6 is 11.6 Å². The maximum absolute atomic E-state index is 14.0. The quantitative estimate of drug-likeness (QED) is 0.393. The number of ether oxygens (including phenoxy) is 1. The van der Waals surface area contributed by atoms with Crippen LogP contribution in [0.4, 0.5) is 14.6 Å². The standard InChI is InChI=1S/C29H29ClF2N4O3/c1-16-21(4-3-5-25(16)39-2)29(38)35-18-12-19-7-8-20(13-18)36(19)26-11-6-17(14-33-26)28(37)34-15-22-23(31)9-10-24(32)27(22)30/h3-6,9-11,14,18-20H,7-8,12-13,15H2,1-2H3,(H,34,37)(H,35,38). The number of amides is 2. The lowest BCUT2D eigenvalue weighted by Crippen LogP contribution is -2.50. The highest BCUT2D eigenvalue weighted by atomic mass is 35.5. The molecule has 2 amide bonds. The Morgan fingerprint density at radius 1 is 1.05 bits per heavy atom. The van der Waals surface area contributed by atoms with Crippen molar-refractivity contribution in [1.82, 2.24) is 15.6 Å². The molecular formula is C29H29ClF2N4O3. The van der Waals surface area contributed by atoms with Crippen LogP contribution in [0.1, 0.15) is 57.5 Å². The first-order chi connectivity index (χ1) is 18.8. The lowest BCUT2D eigenvalue weighted by atomic mass is 9.96. The van der Waals surface area contributed by atoms with Gasteiger partial charge in [0, 0.05) is 47.6 Å². The number of carbonyl (C=O) groups is 2. The number of hydrogen-bond acceptors (Lipinski definition) is 5. The molecule has 204 valence electrons. The van der Waals surface area contributed by atoms with E-state index in [9.17, 15) is 18.4 Å². The third kappa shape index (κ3) is 5.41. The number of piperidine rings is 1. The SMILES string of the molecule is COc1cccc(C(=O)NC2CC3CCC(C2)N3c2ccc(C(=O)NCc3c(F)ccc(F)c3Cl)cn2)c1C. The molecule has 2 aliphatic heterocycles. The van der Waals surface area contributed by atoms with Gasteiger partial charge in [0.1, 0.15) is 23.2 Å². The number of halogens is 3. The first kappa shape index (κ1) is 26.9. The Morgan fingerprint density at radius 3 is 2.44 bits per heavy atom. The molecule has 2 fully saturated rings. The molecule has 2 bridgehead atoms. The van der Waals surface area contributed by atoms with Crippen LogP contribution in [-0.4, -0.2) is 42.0 Å². The Bertz CT molecular complexity index is 1390. The fraction of sp³-hybridized carbons (Fsp3) is 0.345. The molecule has 1 aromatic heterocycles. The van der Waals surface area contributed by atoms with Crippen LogP contribution < -0.4 is 20.3 Å². The zero-order valence-corrected chi connectivity index (χ0v) is 22.4. The highest BCUT2D eigenvalue weighted by molar-refractivity contribution is 6.31. The zero-order valence-electron chi connectivity index (χ0n) is 21.6. The number of pyridine rings is 1. The Hall–Kier alpha value is -3.72. The number of nitrogens with one attached hydrogen (secondary N) is 2. The summed E-state index contributed by atoms with van der Waals surface area (Å²) in [5, 5.41) is 5.43. The Morgan fingerprint density at radius 2 is 1.77 bits per heavy atom. The number of nitrogens with zero attached hydrogens (tertiary/aromatic N) is 2. The summed E-state index contributed by atoms with van der Waals surface area (Å²) in [6.45, 7) is 1.63. The summed E-state index contributed by atoms with van der Waals surface area (Å²) in [4.78, 5) is 32.4. The van der Waals surface area contributed by atoms with Gasteiger partial charge in [0.15, 0.2) is 0 Å². The molecule has 5 rings (SSSR count). The van der Waals surface area contributed by atoms with Crippen LogP contribution in [0, 0.1) is 18.6 Å². The van der Waals surface area contributed by atoms with Gasteiger partial charge in [-0.05, 0) is 69.0 Å². The van der Waals surface area contributed by atoms with Crippen molar-refractivity contribution in [3.8, 4) is 5.75 Å². The smallest absolute Gasteiger partial charge is 0.253 e. The second kappa shape index (κ2) is 11.2. The number of methoxy groups -OCH3 is 1. The average molecular weight is 555 g/mol. The zero-order chi connectivity index (χ0) is 27.7. The number of anilines is 1. The molecule has 7 nitrogen and oxygen atoms in total. The summed E-state index contributed by atoms with van der Waals surface area (Å²) in [6, 6.07) is 11.4. The minimum atomic E-state index is -0.748. The lowest BCUT2D eigenvalue weighted by Gasteiger charge is -2.40. The van der Waals surface area contributed by atoms with Crippen LogP contribution in [0.3, 0.4) is 0 Å². The van der Waals surface area contributed by atoms with Gasteiger partial charge in [0.05, 0.1) is 17.7 Å². The number of aromatic nitrogens is 1. The van der Waals surface area contributed by atoms with E-state index < -0.39 is 17.5 Å². The van der Waals surface area contributed by atoms with Crippen LogP contribution in [0.15, 0.2) is 48.7 Å². The van der Waals surface area contributed by atoms with Gasteiger partial charge in [-0.25, -0.2) is 13.8 Å². The molecule has 2 aromatic carbocycles. The van der Waals surface area contributed by atoms with Crippen LogP contribution in [0.2, 0.25) is 5.02 Å². The van der Waals surface area contributed by atoms with Gasteiger partial charge < -0.3 is 20.3 Å². The molecule has 2 saturated heterocycles. The van der Waals surface area contributed by atoms with E-state index in [2.05, 4.69) is 20.5 Å². The predicted octanol–water partition coefficient (Wildman–Crippen LogP) is 5.19. The van der Waals surface area contributed by atoms with Crippen molar-refractivity contribution in [2.45, 2.75) is 57.3 Å². The molecule has 2 N–H and O–H groups in total. The molecule has 3 heterocycles. The topological polar surface area (TPSA) is 83.6 Å². The largest absolute Gasteiger partial charge is 0.496 e. The van der Waals surface area contributed by atoms with Crippen molar-refractivity contribution in [1.29, 1.82) is 0 Å². The molecule has 0 aliphatic carbocycles. The van der Waals surface area contributed by atoms with E-state index in [4.69, 9.17) is 16.3 Å². The van der Waals surface area contributed by atoms with Crippen LogP contribution in [0.5, 0.6) is 5.75 Å². The van der Waals surface area contributed by atoms with E-state index in [-0.39, 0.29) is 41.2 Å². The predicted molar refractivity (Wildman–Crippen MR) is 144 cm³/mol. The third-order valence-corrected chi connectivity index (χ3v) is 8.06. The molecule has 39 heavy (non-hydrogen) atoms. The van der Waals surface area contributed by atoms with Gasteiger partial charge >= 0.3 is 0 Å². The van der Waals surface area contributed by atoms with E-state index in [0.29, 0.717) is 16.9 Å². The molecule has 2 unspecified atom stereocenters. The summed E-state index contributed by atoms with van der Waals surface area (Å²) in [5.41, 5.74) is 1.62. The fourth-order valence-corrected chi connectivity index (χ4v) is 5.91. The number of rotatable bonds is 7. The summed E-state index contributed by atoms with van der Waals surface area (Å²) in [5.74, 6) is -0.550. The van der Waals surface area contributed by atoms with Crippen molar-refractivity contribution in [2.75, 3.05) is 12.0 Å². The monoisotopic (exact) mass is 554 g/mol. The minimum absolute atomic E-state index is 0.0527. The maximum atomic E-state index is 14.0. The van der Waals surface area contributed by atoms with E-state index in [1.54, 1.807) is 19.2 Å². The molecule has 0 radical (unpaired) electrons.